The van der Waals surface area contributed by atoms with E-state index < -0.39 is 0 Å². The van der Waals surface area contributed by atoms with Crippen LogP contribution < -0.4 is 0 Å². The summed E-state index contributed by atoms with van der Waals surface area (Å²) in [7, 11) is 0. The van der Waals surface area contributed by atoms with Gasteiger partial charge in [0, 0.05) is 31.6 Å². The van der Waals surface area contributed by atoms with E-state index in [0.717, 1.165) is 49.6 Å². The molecule has 3 heterocycles. The number of piperazine rings is 1. The van der Waals surface area contributed by atoms with Crippen molar-refractivity contribution in [1.82, 2.24) is 24.8 Å². The molecule has 1 aliphatic rings. The van der Waals surface area contributed by atoms with E-state index in [9.17, 15) is 4.79 Å². The molecule has 1 saturated heterocycles. The highest BCUT2D eigenvalue weighted by molar-refractivity contribution is 7.07. The minimum absolute atomic E-state index is 0.0367. The van der Waals surface area contributed by atoms with Crippen LogP contribution in [0.25, 0.3) is 11.0 Å². The van der Waals surface area contributed by atoms with Crippen LogP contribution in [0.2, 0.25) is 0 Å². The van der Waals surface area contributed by atoms with Crippen molar-refractivity contribution in [2.45, 2.75) is 6.54 Å². The van der Waals surface area contributed by atoms with Crippen LogP contribution in [0.15, 0.2) is 35.2 Å². The Morgan fingerprint density at radius 2 is 2.04 bits per heavy atom. The number of fused-ring (bicyclic) bond motifs is 1. The minimum Gasteiger partial charge on any atom is -0.341 e. The average molecular weight is 327 g/mol. The second kappa shape index (κ2) is 6.10. The van der Waals surface area contributed by atoms with Gasteiger partial charge in [0.2, 0.25) is 0 Å². The van der Waals surface area contributed by atoms with Crippen LogP contribution in [0.4, 0.5) is 0 Å². The molecule has 0 spiro atoms. The molecule has 1 N–H and O–H groups in total. The highest BCUT2D eigenvalue weighted by atomic mass is 32.1. The number of thiazole rings is 1. The maximum absolute atomic E-state index is 12.3. The zero-order valence-electron chi connectivity index (χ0n) is 12.6. The van der Waals surface area contributed by atoms with Gasteiger partial charge in [-0.2, -0.15) is 0 Å². The highest BCUT2D eigenvalue weighted by Gasteiger charge is 2.23. The van der Waals surface area contributed by atoms with Crippen LogP contribution in [-0.2, 0) is 6.54 Å². The fourth-order valence-corrected chi connectivity index (χ4v) is 3.41. The van der Waals surface area contributed by atoms with Gasteiger partial charge in [-0.3, -0.25) is 9.69 Å². The normalized spacial score (nSPS) is 16.1. The van der Waals surface area contributed by atoms with E-state index in [0.29, 0.717) is 5.69 Å². The predicted octanol–water partition coefficient (Wildman–Crippen LogP) is 1.98. The first-order chi connectivity index (χ1) is 11.3. The van der Waals surface area contributed by atoms with E-state index >= 15 is 0 Å². The second-order valence-corrected chi connectivity index (χ2v) is 6.36. The Hall–Kier alpha value is -2.25. The topological polar surface area (TPSA) is 65.1 Å². The number of nitrogens with one attached hydrogen (secondary N) is 1. The summed E-state index contributed by atoms with van der Waals surface area (Å²) in [5.74, 6) is 1.01. The lowest BCUT2D eigenvalue weighted by molar-refractivity contribution is 0.0621. The van der Waals surface area contributed by atoms with Crippen LogP contribution >= 0.6 is 11.3 Å². The van der Waals surface area contributed by atoms with Crippen molar-refractivity contribution in [2.75, 3.05) is 26.2 Å². The quantitative estimate of drug-likeness (QED) is 0.799. The number of carbonyl (C=O) groups excluding carboxylic acids is 1. The first kappa shape index (κ1) is 14.3. The van der Waals surface area contributed by atoms with Gasteiger partial charge in [-0.25, -0.2) is 9.97 Å². The Morgan fingerprint density at radius 1 is 1.22 bits per heavy atom. The summed E-state index contributed by atoms with van der Waals surface area (Å²) in [5, 5.41) is 1.81. The highest BCUT2D eigenvalue weighted by Crippen LogP contribution is 2.14. The summed E-state index contributed by atoms with van der Waals surface area (Å²) in [4.78, 5) is 28.6. The van der Waals surface area contributed by atoms with Crippen molar-refractivity contribution in [2.24, 2.45) is 0 Å². The predicted molar refractivity (Wildman–Crippen MR) is 89.4 cm³/mol. The number of H-pyrrole nitrogens is 1. The third-order valence-electron chi connectivity index (χ3n) is 4.12. The summed E-state index contributed by atoms with van der Waals surface area (Å²) in [6, 6.07) is 8.05. The van der Waals surface area contributed by atoms with E-state index in [-0.39, 0.29) is 5.91 Å². The molecule has 1 aliphatic heterocycles. The molecule has 23 heavy (non-hydrogen) atoms. The number of amides is 1. The molecule has 4 rings (SSSR count). The zero-order chi connectivity index (χ0) is 15.6. The van der Waals surface area contributed by atoms with Gasteiger partial charge in [0.1, 0.15) is 11.5 Å². The van der Waals surface area contributed by atoms with E-state index in [1.54, 1.807) is 5.51 Å². The smallest absolute Gasteiger partial charge is 0.273 e. The molecule has 1 aromatic carbocycles. The van der Waals surface area contributed by atoms with Crippen molar-refractivity contribution < 1.29 is 4.79 Å². The molecule has 0 atom stereocenters. The van der Waals surface area contributed by atoms with Crippen LogP contribution in [0.1, 0.15) is 16.3 Å². The third kappa shape index (κ3) is 2.97. The summed E-state index contributed by atoms with van der Waals surface area (Å²) in [6.45, 7) is 3.96. The summed E-state index contributed by atoms with van der Waals surface area (Å²) < 4.78 is 0. The molecule has 6 nitrogen and oxygen atoms in total. The molecule has 7 heteroatoms. The molecule has 0 saturated carbocycles. The van der Waals surface area contributed by atoms with Crippen LogP contribution in [0, 0.1) is 0 Å². The number of benzene rings is 1. The molecule has 0 unspecified atom stereocenters. The van der Waals surface area contributed by atoms with Gasteiger partial charge >= 0.3 is 0 Å². The van der Waals surface area contributed by atoms with Gasteiger partial charge in [-0.15, -0.1) is 11.3 Å². The number of hydrogen-bond acceptors (Lipinski definition) is 5. The largest absolute Gasteiger partial charge is 0.341 e. The van der Waals surface area contributed by atoms with Crippen molar-refractivity contribution in [1.29, 1.82) is 0 Å². The first-order valence-electron chi connectivity index (χ1n) is 7.63. The number of hydrogen-bond donors (Lipinski definition) is 1. The van der Waals surface area contributed by atoms with Crippen molar-refractivity contribution in [3.8, 4) is 0 Å². The van der Waals surface area contributed by atoms with Gasteiger partial charge in [-0.05, 0) is 12.1 Å². The van der Waals surface area contributed by atoms with Crippen LogP contribution in [0.3, 0.4) is 0 Å². The molecule has 3 aromatic rings. The Balaban J connectivity index is 1.37. The fraction of sp³-hybridized carbons (Fsp3) is 0.312. The number of rotatable bonds is 3. The molecule has 0 radical (unpaired) electrons. The van der Waals surface area contributed by atoms with E-state index in [1.807, 2.05) is 34.5 Å². The maximum atomic E-state index is 12.3. The fourth-order valence-electron chi connectivity index (χ4n) is 2.88. The lowest BCUT2D eigenvalue weighted by Gasteiger charge is -2.33. The molecular formula is C16H17N5OS. The Kier molecular flexibility index (Phi) is 3.80. The van der Waals surface area contributed by atoms with Gasteiger partial charge in [0.25, 0.3) is 5.91 Å². The van der Waals surface area contributed by atoms with Crippen LogP contribution in [0.5, 0.6) is 0 Å². The average Bonchev–Trinajstić information content (AvgIpc) is 3.24. The molecule has 118 valence electrons. The lowest BCUT2D eigenvalue weighted by atomic mass is 10.3. The van der Waals surface area contributed by atoms with Crippen molar-refractivity contribution in [3.63, 3.8) is 0 Å². The summed E-state index contributed by atoms with van der Waals surface area (Å²) >= 11 is 1.45. The summed E-state index contributed by atoms with van der Waals surface area (Å²) in [6.07, 6.45) is 0. The Morgan fingerprint density at radius 3 is 2.78 bits per heavy atom. The standard InChI is InChI=1S/C16H17N5OS/c22-16(14-10-23-11-17-14)21-7-5-20(6-8-21)9-15-18-12-3-1-2-4-13(12)19-15/h1-4,10-11H,5-9H2,(H,18,19). The van der Waals surface area contributed by atoms with Gasteiger partial charge < -0.3 is 9.88 Å². The van der Waals surface area contributed by atoms with Crippen LogP contribution in [-0.4, -0.2) is 56.8 Å². The Labute approximate surface area is 137 Å². The monoisotopic (exact) mass is 327 g/mol. The number of aromatic nitrogens is 3. The van der Waals surface area contributed by atoms with Crippen molar-refractivity contribution >= 4 is 28.3 Å². The first-order valence-corrected chi connectivity index (χ1v) is 8.57. The molecule has 2 aromatic heterocycles. The third-order valence-corrected chi connectivity index (χ3v) is 4.71. The van der Waals surface area contributed by atoms with E-state index in [4.69, 9.17) is 0 Å². The molecule has 0 aliphatic carbocycles. The molecule has 1 fully saturated rings. The maximum Gasteiger partial charge on any atom is 0.273 e. The zero-order valence-corrected chi connectivity index (χ0v) is 13.4. The number of nitrogens with zero attached hydrogens (tertiary/aromatic N) is 4. The molecule has 1 amide bonds. The number of aromatic amines is 1. The SMILES string of the molecule is O=C(c1cscn1)N1CCN(Cc2nc3ccccc3[nH]2)CC1. The molecular weight excluding hydrogens is 310 g/mol. The van der Waals surface area contributed by atoms with Gasteiger partial charge in [-0.1, -0.05) is 12.1 Å². The number of para-hydroxylation sites is 2. The summed E-state index contributed by atoms with van der Waals surface area (Å²) in [5.41, 5.74) is 4.32. The van der Waals surface area contributed by atoms with E-state index in [2.05, 4.69) is 19.9 Å². The van der Waals surface area contributed by atoms with Crippen molar-refractivity contribution in [3.05, 3.63) is 46.7 Å². The molecule has 0 bridgehead atoms. The minimum atomic E-state index is 0.0367. The lowest BCUT2D eigenvalue weighted by Crippen LogP contribution is -2.48. The Bertz CT molecular complexity index is 772. The van der Waals surface area contributed by atoms with Gasteiger partial charge in [0.15, 0.2) is 0 Å². The number of imidazole rings is 1. The van der Waals surface area contributed by atoms with Gasteiger partial charge in [0.05, 0.1) is 23.1 Å². The van der Waals surface area contributed by atoms with E-state index in [1.165, 1.54) is 11.3 Å². The second-order valence-electron chi connectivity index (χ2n) is 5.64. The number of carbonyl (C=O) groups is 1.